The molecule has 2 nitrogen and oxygen atoms in total. The van der Waals surface area contributed by atoms with Crippen molar-refractivity contribution in [2.45, 2.75) is 38.9 Å². The van der Waals surface area contributed by atoms with Crippen LogP contribution in [0.3, 0.4) is 0 Å². The number of aliphatic hydroxyl groups is 1. The van der Waals surface area contributed by atoms with Crippen molar-refractivity contribution >= 4 is 55.2 Å². The minimum atomic E-state index is -0.943. The minimum Gasteiger partial charge on any atom is -0.427 e. The van der Waals surface area contributed by atoms with Crippen LogP contribution in [0, 0.1) is 0 Å². The maximum absolute atomic E-state index is 10.6. The summed E-state index contributed by atoms with van der Waals surface area (Å²) in [5, 5.41) is 15.8. The standard InChI is InChI=1S/C28H25BO2S/c1-27(2,30)28(3,4)31-29-21-15-20-17-12-7-9-16-10-8-13-19(23(16)17)24(20)26-25(21)18-11-5-6-14-22(18)32-26/h5-15,29-30H,1-4H3. The maximum atomic E-state index is 10.6. The van der Waals surface area contributed by atoms with E-state index in [0.29, 0.717) is 7.48 Å². The Morgan fingerprint density at radius 1 is 0.812 bits per heavy atom. The van der Waals surface area contributed by atoms with E-state index >= 15 is 0 Å². The van der Waals surface area contributed by atoms with Gasteiger partial charge >= 0.3 is 7.48 Å². The van der Waals surface area contributed by atoms with Gasteiger partial charge in [0.2, 0.25) is 0 Å². The molecule has 0 amide bonds. The van der Waals surface area contributed by atoms with Crippen molar-refractivity contribution in [1.82, 2.24) is 0 Å². The topological polar surface area (TPSA) is 29.5 Å². The van der Waals surface area contributed by atoms with E-state index in [9.17, 15) is 5.11 Å². The summed E-state index contributed by atoms with van der Waals surface area (Å²) in [5.74, 6) is 0. The van der Waals surface area contributed by atoms with Crippen molar-refractivity contribution in [2.75, 3.05) is 0 Å². The normalized spacial score (nSPS) is 13.3. The summed E-state index contributed by atoms with van der Waals surface area (Å²) in [6, 6.07) is 24.2. The van der Waals surface area contributed by atoms with Crippen LogP contribution in [0.15, 0.2) is 66.7 Å². The Bertz CT molecular complexity index is 1530. The molecule has 0 spiro atoms. The van der Waals surface area contributed by atoms with E-state index < -0.39 is 11.2 Å². The molecule has 1 aliphatic rings. The van der Waals surface area contributed by atoms with Crippen LogP contribution in [0.25, 0.3) is 53.2 Å². The smallest absolute Gasteiger partial charge is 0.310 e. The van der Waals surface area contributed by atoms with Gasteiger partial charge in [-0.15, -0.1) is 11.3 Å². The molecule has 0 bridgehead atoms. The minimum absolute atomic E-state index is 0.452. The highest BCUT2D eigenvalue weighted by Gasteiger charge is 2.36. The second kappa shape index (κ2) is 6.68. The van der Waals surface area contributed by atoms with Crippen LogP contribution in [0.1, 0.15) is 27.7 Å². The van der Waals surface area contributed by atoms with Gasteiger partial charge in [-0.3, -0.25) is 0 Å². The third kappa shape index (κ3) is 2.73. The molecule has 4 heteroatoms. The molecule has 0 radical (unpaired) electrons. The summed E-state index contributed by atoms with van der Waals surface area (Å²) in [6.45, 7) is 7.53. The van der Waals surface area contributed by atoms with Crippen LogP contribution >= 0.6 is 11.3 Å². The molecule has 32 heavy (non-hydrogen) atoms. The third-order valence-electron chi connectivity index (χ3n) is 7.26. The predicted octanol–water partition coefficient (Wildman–Crippen LogP) is 6.40. The molecule has 4 aromatic carbocycles. The summed E-state index contributed by atoms with van der Waals surface area (Å²) in [6.07, 6.45) is 0. The first-order valence-corrected chi connectivity index (χ1v) is 11.9. The summed E-state index contributed by atoms with van der Waals surface area (Å²) >= 11 is 1.87. The molecule has 158 valence electrons. The first-order valence-electron chi connectivity index (χ1n) is 11.1. The van der Waals surface area contributed by atoms with Crippen molar-refractivity contribution in [3.63, 3.8) is 0 Å². The number of thiophene rings is 1. The van der Waals surface area contributed by atoms with Crippen molar-refractivity contribution in [3.05, 3.63) is 66.7 Å². The molecular weight excluding hydrogens is 411 g/mol. The molecule has 1 aliphatic carbocycles. The molecule has 1 aromatic heterocycles. The zero-order valence-electron chi connectivity index (χ0n) is 18.8. The Hall–Kier alpha value is -2.66. The molecule has 0 atom stereocenters. The number of rotatable bonds is 4. The van der Waals surface area contributed by atoms with Gasteiger partial charge in [-0.25, -0.2) is 0 Å². The highest BCUT2D eigenvalue weighted by Crippen LogP contribution is 2.52. The van der Waals surface area contributed by atoms with E-state index in [0.717, 1.165) is 0 Å². The number of benzene rings is 4. The lowest BCUT2D eigenvalue weighted by Crippen LogP contribution is -2.49. The maximum Gasteiger partial charge on any atom is 0.310 e. The number of fused-ring (bicyclic) bond motifs is 7. The van der Waals surface area contributed by atoms with Gasteiger partial charge in [0.15, 0.2) is 0 Å². The van der Waals surface area contributed by atoms with Crippen LogP contribution in [0.2, 0.25) is 0 Å². The van der Waals surface area contributed by atoms with Crippen molar-refractivity contribution in [1.29, 1.82) is 0 Å². The van der Waals surface area contributed by atoms with E-state index in [2.05, 4.69) is 66.7 Å². The lowest BCUT2D eigenvalue weighted by Gasteiger charge is -2.37. The predicted molar refractivity (Wildman–Crippen MR) is 140 cm³/mol. The molecule has 6 rings (SSSR count). The summed E-state index contributed by atoms with van der Waals surface area (Å²) in [5.41, 5.74) is 4.82. The SMILES string of the molecule is CC(C)(O)C(C)(C)OBc1cc2c(c3sc4ccccc4c13)-c1cccc3cccc-2c13. The van der Waals surface area contributed by atoms with Gasteiger partial charge in [0.25, 0.3) is 0 Å². The molecule has 5 aromatic rings. The molecule has 0 saturated heterocycles. The molecule has 0 fully saturated rings. The largest absolute Gasteiger partial charge is 0.427 e. The Kier molecular flexibility index (Phi) is 4.17. The second-order valence-corrected chi connectivity index (χ2v) is 10.9. The van der Waals surface area contributed by atoms with Crippen LogP contribution in [-0.4, -0.2) is 23.8 Å². The second-order valence-electron chi connectivity index (χ2n) is 9.83. The monoisotopic (exact) mass is 436 g/mol. The zero-order chi connectivity index (χ0) is 22.3. The fraction of sp³-hybridized carbons (Fsp3) is 0.214. The average Bonchev–Trinajstić information content (AvgIpc) is 3.29. The zero-order valence-corrected chi connectivity index (χ0v) is 19.6. The van der Waals surface area contributed by atoms with Crippen LogP contribution < -0.4 is 5.46 Å². The lowest BCUT2D eigenvalue weighted by molar-refractivity contribution is -0.0893. The molecular formula is C28H25BO2S. The molecule has 0 unspecified atom stereocenters. The van der Waals surface area contributed by atoms with Gasteiger partial charge in [-0.2, -0.15) is 0 Å². The molecule has 1 N–H and O–H groups in total. The fourth-order valence-corrected chi connectivity index (χ4v) is 6.10. The van der Waals surface area contributed by atoms with Crippen molar-refractivity contribution in [3.8, 4) is 22.3 Å². The highest BCUT2D eigenvalue weighted by atomic mass is 32.1. The Morgan fingerprint density at radius 2 is 1.53 bits per heavy atom. The first kappa shape index (κ1) is 20.0. The third-order valence-corrected chi connectivity index (χ3v) is 8.45. The summed E-state index contributed by atoms with van der Waals surface area (Å²) < 4.78 is 8.99. The van der Waals surface area contributed by atoms with Gasteiger partial charge in [0.1, 0.15) is 0 Å². The lowest BCUT2D eigenvalue weighted by atomic mass is 9.79. The van der Waals surface area contributed by atoms with Gasteiger partial charge in [-0.05, 0) is 77.5 Å². The van der Waals surface area contributed by atoms with Crippen molar-refractivity contribution < 1.29 is 9.76 Å². The van der Waals surface area contributed by atoms with Gasteiger partial charge < -0.3 is 9.76 Å². The molecule has 0 aliphatic heterocycles. The molecule has 0 saturated carbocycles. The van der Waals surface area contributed by atoms with E-state index in [1.54, 1.807) is 0 Å². The van der Waals surface area contributed by atoms with Crippen molar-refractivity contribution in [2.24, 2.45) is 0 Å². The first-order chi connectivity index (χ1) is 15.3. The van der Waals surface area contributed by atoms with E-state index in [4.69, 9.17) is 4.65 Å². The van der Waals surface area contributed by atoms with Crippen LogP contribution in [0.5, 0.6) is 0 Å². The van der Waals surface area contributed by atoms with E-state index in [-0.39, 0.29) is 0 Å². The molecule has 1 heterocycles. The average molecular weight is 436 g/mol. The van der Waals surface area contributed by atoms with Crippen LogP contribution in [0.4, 0.5) is 0 Å². The number of hydrogen-bond donors (Lipinski definition) is 1. The van der Waals surface area contributed by atoms with Gasteiger partial charge in [0.05, 0.1) is 11.2 Å². The van der Waals surface area contributed by atoms with Gasteiger partial charge in [-0.1, -0.05) is 60.7 Å². The summed E-state index contributed by atoms with van der Waals surface area (Å²) in [4.78, 5) is 0. The Morgan fingerprint density at radius 3 is 2.28 bits per heavy atom. The summed E-state index contributed by atoms with van der Waals surface area (Å²) in [7, 11) is 0.452. The van der Waals surface area contributed by atoms with E-state index in [1.807, 2.05) is 39.0 Å². The van der Waals surface area contributed by atoms with Crippen LogP contribution in [-0.2, 0) is 4.65 Å². The van der Waals surface area contributed by atoms with Gasteiger partial charge in [0, 0.05) is 15.0 Å². The number of hydrogen-bond acceptors (Lipinski definition) is 3. The highest BCUT2D eigenvalue weighted by molar-refractivity contribution is 7.26. The van der Waals surface area contributed by atoms with E-state index in [1.165, 1.54) is 58.7 Å². The quantitative estimate of drug-likeness (QED) is 0.324. The fourth-order valence-electron chi connectivity index (χ4n) is 4.78. The Labute approximate surface area is 192 Å². The Balaban J connectivity index is 1.65.